The van der Waals surface area contributed by atoms with Gasteiger partial charge in [-0.15, -0.1) is 0 Å². The Bertz CT molecular complexity index is 457. The van der Waals surface area contributed by atoms with Crippen molar-refractivity contribution in [1.82, 2.24) is 4.98 Å². The molecule has 1 aromatic heterocycles. The second kappa shape index (κ2) is 2.12. The van der Waals surface area contributed by atoms with Crippen molar-refractivity contribution in [2.45, 2.75) is 18.4 Å². The molecule has 0 bridgehead atoms. The van der Waals surface area contributed by atoms with Gasteiger partial charge in [0.1, 0.15) is 5.52 Å². The molecule has 0 amide bonds. The van der Waals surface area contributed by atoms with Gasteiger partial charge in [-0.1, -0.05) is 6.07 Å². The van der Waals surface area contributed by atoms with E-state index in [0.717, 1.165) is 29.5 Å². The maximum Gasteiger partial charge on any atom is 0.181 e. The third-order valence-corrected chi connectivity index (χ3v) is 2.59. The molecule has 1 aliphatic rings. The molecule has 0 saturated heterocycles. The fourth-order valence-corrected chi connectivity index (χ4v) is 1.55. The molecule has 1 aliphatic carbocycles. The number of benzene rings is 1. The summed E-state index contributed by atoms with van der Waals surface area (Å²) in [4.78, 5) is 4.01. The van der Waals surface area contributed by atoms with E-state index in [9.17, 15) is 5.11 Å². The fourth-order valence-electron chi connectivity index (χ4n) is 1.55. The van der Waals surface area contributed by atoms with E-state index >= 15 is 0 Å². The van der Waals surface area contributed by atoms with Gasteiger partial charge in [0.2, 0.25) is 0 Å². The number of hydrogen-bond acceptors (Lipinski definition) is 3. The molecule has 0 aliphatic heterocycles. The largest absolute Gasteiger partial charge is 0.443 e. The Morgan fingerprint density at radius 1 is 1.38 bits per heavy atom. The highest BCUT2D eigenvalue weighted by Crippen LogP contribution is 2.45. The first-order valence-electron chi connectivity index (χ1n) is 4.34. The highest BCUT2D eigenvalue weighted by molar-refractivity contribution is 5.73. The summed E-state index contributed by atoms with van der Waals surface area (Å²) >= 11 is 0. The van der Waals surface area contributed by atoms with Crippen molar-refractivity contribution >= 4 is 11.1 Å². The van der Waals surface area contributed by atoms with Crippen molar-refractivity contribution in [2.24, 2.45) is 0 Å². The summed E-state index contributed by atoms with van der Waals surface area (Å²) in [6.07, 6.45) is 3.13. The van der Waals surface area contributed by atoms with Gasteiger partial charge in [-0.25, -0.2) is 4.98 Å². The van der Waals surface area contributed by atoms with Gasteiger partial charge in [0.25, 0.3) is 0 Å². The topological polar surface area (TPSA) is 46.3 Å². The number of aliphatic hydroxyl groups is 1. The van der Waals surface area contributed by atoms with Gasteiger partial charge in [-0.2, -0.15) is 0 Å². The van der Waals surface area contributed by atoms with Crippen LogP contribution in [0.25, 0.3) is 11.1 Å². The molecular formula is C10H9NO2. The van der Waals surface area contributed by atoms with E-state index < -0.39 is 5.60 Å². The van der Waals surface area contributed by atoms with Crippen LogP contribution in [0.2, 0.25) is 0 Å². The quantitative estimate of drug-likeness (QED) is 0.718. The Labute approximate surface area is 75.0 Å². The Morgan fingerprint density at radius 2 is 2.23 bits per heavy atom. The minimum absolute atomic E-state index is 0.582. The number of rotatable bonds is 1. The van der Waals surface area contributed by atoms with Crippen LogP contribution in [-0.2, 0) is 5.60 Å². The first-order chi connectivity index (χ1) is 6.28. The number of oxazole rings is 1. The van der Waals surface area contributed by atoms with Gasteiger partial charge < -0.3 is 9.52 Å². The van der Waals surface area contributed by atoms with E-state index in [1.165, 1.54) is 6.39 Å². The van der Waals surface area contributed by atoms with E-state index in [0.29, 0.717) is 0 Å². The van der Waals surface area contributed by atoms with Crippen molar-refractivity contribution in [2.75, 3.05) is 0 Å². The zero-order chi connectivity index (χ0) is 8.89. The number of aromatic nitrogens is 1. The highest BCUT2D eigenvalue weighted by atomic mass is 16.3. The average molecular weight is 175 g/mol. The molecule has 1 N–H and O–H groups in total. The van der Waals surface area contributed by atoms with Crippen LogP contribution in [0, 0.1) is 0 Å². The van der Waals surface area contributed by atoms with Crippen LogP contribution in [0.5, 0.6) is 0 Å². The first kappa shape index (κ1) is 7.09. The summed E-state index contributed by atoms with van der Waals surface area (Å²) in [6.45, 7) is 0. The van der Waals surface area contributed by atoms with Crippen molar-refractivity contribution in [3.8, 4) is 0 Å². The van der Waals surface area contributed by atoms with Crippen LogP contribution in [-0.4, -0.2) is 10.1 Å². The summed E-state index contributed by atoms with van der Waals surface area (Å²) in [5, 5.41) is 9.83. The van der Waals surface area contributed by atoms with E-state index in [2.05, 4.69) is 4.98 Å². The third kappa shape index (κ3) is 0.971. The lowest BCUT2D eigenvalue weighted by molar-refractivity contribution is 0.151. The van der Waals surface area contributed by atoms with Crippen LogP contribution in [0.1, 0.15) is 18.4 Å². The summed E-state index contributed by atoms with van der Waals surface area (Å²) in [5.74, 6) is 0. The van der Waals surface area contributed by atoms with E-state index in [1.807, 2.05) is 18.2 Å². The highest BCUT2D eigenvalue weighted by Gasteiger charge is 2.42. The zero-order valence-corrected chi connectivity index (χ0v) is 7.03. The molecule has 1 fully saturated rings. The Kier molecular flexibility index (Phi) is 1.15. The van der Waals surface area contributed by atoms with Crippen LogP contribution < -0.4 is 0 Å². The van der Waals surface area contributed by atoms with Gasteiger partial charge in [0.05, 0.1) is 5.60 Å². The number of hydrogen-bond donors (Lipinski definition) is 1. The lowest BCUT2D eigenvalue weighted by Crippen LogP contribution is -2.03. The van der Waals surface area contributed by atoms with E-state index in [1.54, 1.807) is 0 Å². The van der Waals surface area contributed by atoms with Gasteiger partial charge in [-0.05, 0) is 30.5 Å². The monoisotopic (exact) mass is 175 g/mol. The van der Waals surface area contributed by atoms with Crippen molar-refractivity contribution in [3.05, 3.63) is 30.2 Å². The zero-order valence-electron chi connectivity index (χ0n) is 7.03. The smallest absolute Gasteiger partial charge is 0.181 e. The number of fused-ring (bicyclic) bond motifs is 1. The van der Waals surface area contributed by atoms with Crippen LogP contribution in [0.3, 0.4) is 0 Å². The minimum Gasteiger partial charge on any atom is -0.443 e. The number of nitrogens with zero attached hydrogens (tertiary/aromatic N) is 1. The maximum atomic E-state index is 9.83. The lowest BCUT2D eigenvalue weighted by atomic mass is 10.1. The van der Waals surface area contributed by atoms with Gasteiger partial charge >= 0.3 is 0 Å². The minimum atomic E-state index is -0.582. The molecule has 2 aromatic rings. The van der Waals surface area contributed by atoms with E-state index in [4.69, 9.17) is 4.42 Å². The Balaban J connectivity index is 2.20. The molecule has 3 heteroatoms. The molecule has 0 spiro atoms. The predicted molar refractivity (Wildman–Crippen MR) is 47.1 cm³/mol. The van der Waals surface area contributed by atoms with Gasteiger partial charge in [0, 0.05) is 0 Å². The summed E-state index contributed by atoms with van der Waals surface area (Å²) in [5.41, 5.74) is 1.95. The van der Waals surface area contributed by atoms with Gasteiger partial charge in [-0.3, -0.25) is 0 Å². The van der Waals surface area contributed by atoms with Crippen molar-refractivity contribution in [1.29, 1.82) is 0 Å². The molecule has 0 unspecified atom stereocenters. The third-order valence-electron chi connectivity index (χ3n) is 2.59. The molecule has 66 valence electrons. The molecule has 3 nitrogen and oxygen atoms in total. The summed E-state index contributed by atoms with van der Waals surface area (Å²) in [7, 11) is 0. The van der Waals surface area contributed by atoms with Crippen LogP contribution in [0.15, 0.2) is 29.0 Å². The molecular weight excluding hydrogens is 166 g/mol. The van der Waals surface area contributed by atoms with Crippen LogP contribution >= 0.6 is 0 Å². The average Bonchev–Trinajstić information content (AvgIpc) is 2.74. The first-order valence-corrected chi connectivity index (χ1v) is 4.34. The lowest BCUT2D eigenvalue weighted by Gasteiger charge is -2.06. The molecule has 0 radical (unpaired) electrons. The maximum absolute atomic E-state index is 9.83. The molecule has 3 rings (SSSR count). The molecule has 0 atom stereocenters. The Morgan fingerprint density at radius 3 is 3.00 bits per heavy atom. The normalized spacial score (nSPS) is 19.2. The second-order valence-electron chi connectivity index (χ2n) is 3.57. The molecule has 13 heavy (non-hydrogen) atoms. The SMILES string of the molecule is OC1(c2ccc3ncoc3c2)CC1. The van der Waals surface area contributed by atoms with Crippen molar-refractivity contribution in [3.63, 3.8) is 0 Å². The summed E-state index contributed by atoms with van der Waals surface area (Å²) in [6, 6.07) is 5.66. The summed E-state index contributed by atoms with van der Waals surface area (Å²) < 4.78 is 5.16. The van der Waals surface area contributed by atoms with E-state index in [-0.39, 0.29) is 0 Å². The second-order valence-corrected chi connectivity index (χ2v) is 3.57. The molecule has 1 heterocycles. The van der Waals surface area contributed by atoms with Gasteiger partial charge in [0.15, 0.2) is 12.0 Å². The molecule has 1 aromatic carbocycles. The molecule has 1 saturated carbocycles. The van der Waals surface area contributed by atoms with Crippen LogP contribution in [0.4, 0.5) is 0 Å². The van der Waals surface area contributed by atoms with Crippen molar-refractivity contribution < 1.29 is 9.52 Å². The predicted octanol–water partition coefficient (Wildman–Crippen LogP) is 1.81. The Hall–Kier alpha value is -1.35. The standard InChI is InChI=1S/C10H9NO2/c12-10(3-4-10)7-1-2-8-9(5-7)13-6-11-8/h1-2,5-6,12H,3-4H2. The fraction of sp³-hybridized carbons (Fsp3) is 0.300.